The Hall–Kier alpha value is -2.04. The largest absolute Gasteiger partial charge is 0.483 e. The minimum Gasteiger partial charge on any atom is -0.483 e. The molecule has 1 heterocycles. The minimum absolute atomic E-state index is 0.312. The predicted octanol–water partition coefficient (Wildman–Crippen LogP) is 2.10. The summed E-state index contributed by atoms with van der Waals surface area (Å²) in [5.41, 5.74) is 6.44. The zero-order valence-electron chi connectivity index (χ0n) is 10.9. The molecule has 0 bridgehead atoms. The Morgan fingerprint density at radius 2 is 2.06 bits per heavy atom. The van der Waals surface area contributed by atoms with E-state index in [-0.39, 0.29) is 0 Å². The highest BCUT2D eigenvalue weighted by atomic mass is 16.5. The van der Waals surface area contributed by atoms with Gasteiger partial charge in [-0.3, -0.25) is 0 Å². The van der Waals surface area contributed by atoms with E-state index in [1.54, 1.807) is 4.68 Å². The Morgan fingerprint density at radius 1 is 1.33 bits per heavy atom. The maximum atomic E-state index is 5.81. The highest BCUT2D eigenvalue weighted by Gasteiger charge is 2.11. The minimum atomic E-state index is 0.312. The van der Waals surface area contributed by atoms with Gasteiger partial charge in [-0.25, -0.2) is 9.67 Å². The molecule has 5 heteroatoms. The second-order valence-electron chi connectivity index (χ2n) is 4.49. The fourth-order valence-corrected chi connectivity index (χ4v) is 1.56. The van der Waals surface area contributed by atoms with Gasteiger partial charge in [0.2, 0.25) is 0 Å². The molecule has 18 heavy (non-hydrogen) atoms. The molecule has 0 saturated heterocycles. The number of aryl methyl sites for hydroxylation is 1. The first-order valence-corrected chi connectivity index (χ1v) is 5.95. The van der Waals surface area contributed by atoms with Crippen molar-refractivity contribution in [1.29, 1.82) is 0 Å². The van der Waals surface area contributed by atoms with Crippen LogP contribution in [0.15, 0.2) is 24.3 Å². The lowest BCUT2D eigenvalue weighted by atomic mass is 10.2. The van der Waals surface area contributed by atoms with Crippen LogP contribution < -0.4 is 10.5 Å². The maximum Gasteiger partial charge on any atom is 0.164 e. The molecule has 0 fully saturated rings. The van der Waals surface area contributed by atoms with Gasteiger partial charge in [0.25, 0.3) is 0 Å². The van der Waals surface area contributed by atoms with Crippen molar-refractivity contribution in [2.24, 2.45) is 7.05 Å². The van der Waals surface area contributed by atoms with Crippen molar-refractivity contribution in [3.8, 4) is 5.75 Å². The normalized spacial score (nSPS) is 10.9. The Kier molecular flexibility index (Phi) is 3.50. The molecular weight excluding hydrogens is 228 g/mol. The summed E-state index contributed by atoms with van der Waals surface area (Å²) in [6, 6.07) is 7.42. The summed E-state index contributed by atoms with van der Waals surface area (Å²) in [4.78, 5) is 4.44. The standard InChI is InChI=1S/C13H18N4O/c1-9(2)13-15-12(17(3)16-13)8-18-11-7-5-4-6-10(11)14/h4-7,9H,8,14H2,1-3H3. The van der Waals surface area contributed by atoms with Crippen LogP contribution in [-0.4, -0.2) is 14.8 Å². The number of hydrogen-bond acceptors (Lipinski definition) is 4. The molecule has 1 aromatic carbocycles. The van der Waals surface area contributed by atoms with Crippen molar-refractivity contribution in [3.63, 3.8) is 0 Å². The van der Waals surface area contributed by atoms with Crippen LogP contribution in [-0.2, 0) is 13.7 Å². The third-order valence-corrected chi connectivity index (χ3v) is 2.66. The first-order valence-electron chi connectivity index (χ1n) is 5.95. The van der Waals surface area contributed by atoms with Crippen LogP contribution in [0, 0.1) is 0 Å². The summed E-state index contributed by atoms with van der Waals surface area (Å²) in [7, 11) is 1.87. The van der Waals surface area contributed by atoms with Crippen molar-refractivity contribution >= 4 is 5.69 Å². The molecule has 5 nitrogen and oxygen atoms in total. The van der Waals surface area contributed by atoms with Gasteiger partial charge in [0.15, 0.2) is 11.6 Å². The molecule has 0 unspecified atom stereocenters. The Morgan fingerprint density at radius 3 is 2.67 bits per heavy atom. The van der Waals surface area contributed by atoms with E-state index in [0.717, 1.165) is 11.6 Å². The van der Waals surface area contributed by atoms with Crippen LogP contribution in [0.25, 0.3) is 0 Å². The van der Waals surface area contributed by atoms with E-state index in [4.69, 9.17) is 10.5 Å². The van der Waals surface area contributed by atoms with E-state index >= 15 is 0 Å². The molecule has 2 aromatic rings. The molecule has 0 saturated carbocycles. The zero-order valence-corrected chi connectivity index (χ0v) is 10.9. The van der Waals surface area contributed by atoms with Gasteiger partial charge >= 0.3 is 0 Å². The van der Waals surface area contributed by atoms with E-state index < -0.39 is 0 Å². The quantitative estimate of drug-likeness (QED) is 0.839. The van der Waals surface area contributed by atoms with Gasteiger partial charge in [-0.1, -0.05) is 26.0 Å². The predicted molar refractivity (Wildman–Crippen MR) is 70.3 cm³/mol. The maximum absolute atomic E-state index is 5.81. The van der Waals surface area contributed by atoms with Gasteiger partial charge in [-0.15, -0.1) is 0 Å². The molecule has 2 N–H and O–H groups in total. The van der Waals surface area contributed by atoms with Crippen LogP contribution in [0.3, 0.4) is 0 Å². The Labute approximate surface area is 107 Å². The second kappa shape index (κ2) is 5.08. The van der Waals surface area contributed by atoms with E-state index in [9.17, 15) is 0 Å². The summed E-state index contributed by atoms with van der Waals surface area (Å²) >= 11 is 0. The van der Waals surface area contributed by atoms with E-state index in [1.165, 1.54) is 0 Å². The van der Waals surface area contributed by atoms with Crippen molar-refractivity contribution in [1.82, 2.24) is 14.8 Å². The first kappa shape index (κ1) is 12.4. The summed E-state index contributed by atoms with van der Waals surface area (Å²) in [5.74, 6) is 2.61. The lowest BCUT2D eigenvalue weighted by Gasteiger charge is -2.07. The van der Waals surface area contributed by atoms with Gasteiger partial charge in [0, 0.05) is 13.0 Å². The summed E-state index contributed by atoms with van der Waals surface area (Å²) < 4.78 is 7.39. The smallest absolute Gasteiger partial charge is 0.164 e. The number of ether oxygens (including phenoxy) is 1. The molecule has 2 rings (SSSR count). The van der Waals surface area contributed by atoms with Gasteiger partial charge in [-0.05, 0) is 12.1 Å². The topological polar surface area (TPSA) is 66.0 Å². The van der Waals surface area contributed by atoms with Crippen LogP contribution in [0.4, 0.5) is 5.69 Å². The summed E-state index contributed by atoms with van der Waals surface area (Å²) in [6.07, 6.45) is 0. The van der Waals surface area contributed by atoms with Crippen molar-refractivity contribution in [2.75, 3.05) is 5.73 Å². The van der Waals surface area contributed by atoms with Crippen LogP contribution in [0.2, 0.25) is 0 Å². The fraction of sp³-hybridized carbons (Fsp3) is 0.385. The molecular formula is C13H18N4O. The number of nitrogens with zero attached hydrogens (tertiary/aromatic N) is 3. The molecule has 0 aliphatic carbocycles. The van der Waals surface area contributed by atoms with E-state index in [0.29, 0.717) is 24.0 Å². The van der Waals surface area contributed by atoms with E-state index in [2.05, 4.69) is 23.9 Å². The molecule has 0 spiro atoms. The SMILES string of the molecule is CC(C)c1nc(COc2ccccc2N)n(C)n1. The second-order valence-corrected chi connectivity index (χ2v) is 4.49. The number of hydrogen-bond donors (Lipinski definition) is 1. The molecule has 0 amide bonds. The number of nitrogen functional groups attached to an aromatic ring is 1. The number of nitrogens with two attached hydrogens (primary N) is 1. The van der Waals surface area contributed by atoms with Crippen LogP contribution in [0.1, 0.15) is 31.4 Å². The summed E-state index contributed by atoms with van der Waals surface area (Å²) in [5, 5.41) is 4.34. The molecule has 0 aliphatic heterocycles. The highest BCUT2D eigenvalue weighted by Crippen LogP contribution is 2.21. The van der Waals surface area contributed by atoms with Gasteiger partial charge < -0.3 is 10.5 Å². The highest BCUT2D eigenvalue weighted by molar-refractivity contribution is 5.51. The van der Waals surface area contributed by atoms with E-state index in [1.807, 2.05) is 31.3 Å². The average molecular weight is 246 g/mol. The monoisotopic (exact) mass is 246 g/mol. The van der Waals surface area contributed by atoms with Gasteiger partial charge in [0.05, 0.1) is 5.69 Å². The molecule has 1 aromatic heterocycles. The Bertz CT molecular complexity index is 534. The average Bonchev–Trinajstić information content (AvgIpc) is 2.70. The molecule has 0 radical (unpaired) electrons. The van der Waals surface area contributed by atoms with Crippen molar-refractivity contribution in [2.45, 2.75) is 26.4 Å². The Balaban J connectivity index is 2.09. The van der Waals surface area contributed by atoms with Crippen LogP contribution >= 0.6 is 0 Å². The first-order chi connectivity index (χ1) is 8.58. The number of aromatic nitrogens is 3. The summed E-state index contributed by atoms with van der Waals surface area (Å²) in [6.45, 7) is 4.49. The van der Waals surface area contributed by atoms with Gasteiger partial charge in [-0.2, -0.15) is 5.10 Å². The lowest BCUT2D eigenvalue weighted by Crippen LogP contribution is -2.05. The lowest BCUT2D eigenvalue weighted by molar-refractivity contribution is 0.291. The van der Waals surface area contributed by atoms with Crippen LogP contribution in [0.5, 0.6) is 5.75 Å². The molecule has 0 aliphatic rings. The zero-order chi connectivity index (χ0) is 13.1. The number of benzene rings is 1. The number of anilines is 1. The van der Waals surface area contributed by atoms with Crippen molar-refractivity contribution in [3.05, 3.63) is 35.9 Å². The molecule has 96 valence electrons. The number of para-hydroxylation sites is 2. The van der Waals surface area contributed by atoms with Crippen molar-refractivity contribution < 1.29 is 4.74 Å². The third kappa shape index (κ3) is 2.61. The third-order valence-electron chi connectivity index (χ3n) is 2.66. The van der Waals surface area contributed by atoms with Gasteiger partial charge in [0.1, 0.15) is 12.4 Å². The number of rotatable bonds is 4. The molecule has 0 atom stereocenters. The fourth-order valence-electron chi connectivity index (χ4n) is 1.56.